The van der Waals surface area contributed by atoms with Crippen LogP contribution >= 0.6 is 0 Å². The van der Waals surface area contributed by atoms with Crippen molar-refractivity contribution in [2.45, 2.75) is 33.3 Å². The minimum Gasteiger partial charge on any atom is -0.478 e. The molecular formula is C9H14O6. The fourth-order valence-electron chi connectivity index (χ4n) is 0.460. The Labute approximate surface area is 87.3 Å². The molecule has 0 radical (unpaired) electrons. The molecule has 0 aromatic rings. The van der Waals surface area contributed by atoms with Crippen molar-refractivity contribution in [2.24, 2.45) is 0 Å². The van der Waals surface area contributed by atoms with Crippen molar-refractivity contribution in [3.8, 4) is 0 Å². The first kappa shape index (κ1) is 13.6. The van der Waals surface area contributed by atoms with Gasteiger partial charge < -0.3 is 5.11 Å². The van der Waals surface area contributed by atoms with E-state index in [0.717, 1.165) is 0 Å². The number of carbonyl (C=O) groups is 2. The zero-order valence-electron chi connectivity index (χ0n) is 9.07. The lowest BCUT2D eigenvalue weighted by Gasteiger charge is -2.15. The summed E-state index contributed by atoms with van der Waals surface area (Å²) in [7, 11) is 0. The molecule has 0 heterocycles. The van der Waals surface area contributed by atoms with Crippen LogP contribution in [0.25, 0.3) is 0 Å². The average molecular weight is 218 g/mol. The largest absolute Gasteiger partial charge is 0.478 e. The standard InChI is InChI=1S/C9H14O6/c1-6(5-7(10)11)8(12)13-15-14-9(2,3)4/h5H,1-4H3,(H,10,11). The van der Waals surface area contributed by atoms with Gasteiger partial charge in [0, 0.05) is 11.6 Å². The Morgan fingerprint density at radius 3 is 2.20 bits per heavy atom. The van der Waals surface area contributed by atoms with Gasteiger partial charge in [-0.2, -0.15) is 4.89 Å². The molecule has 6 heteroatoms. The Hall–Kier alpha value is -1.40. The molecule has 0 atom stereocenters. The van der Waals surface area contributed by atoms with Gasteiger partial charge in [-0.3, -0.25) is 4.89 Å². The summed E-state index contributed by atoms with van der Waals surface area (Å²) in [4.78, 5) is 30.0. The molecule has 0 spiro atoms. The van der Waals surface area contributed by atoms with Crippen molar-refractivity contribution in [1.29, 1.82) is 0 Å². The van der Waals surface area contributed by atoms with E-state index in [2.05, 4.69) is 14.8 Å². The van der Waals surface area contributed by atoms with E-state index in [9.17, 15) is 9.59 Å². The van der Waals surface area contributed by atoms with Crippen LogP contribution < -0.4 is 0 Å². The smallest absolute Gasteiger partial charge is 0.372 e. The Balaban J connectivity index is 4.00. The van der Waals surface area contributed by atoms with Gasteiger partial charge in [-0.05, 0) is 32.7 Å². The fraction of sp³-hybridized carbons (Fsp3) is 0.556. The van der Waals surface area contributed by atoms with E-state index in [-0.39, 0.29) is 5.57 Å². The van der Waals surface area contributed by atoms with Crippen LogP contribution in [0.1, 0.15) is 27.7 Å². The molecule has 15 heavy (non-hydrogen) atoms. The number of rotatable bonds is 4. The molecule has 0 fully saturated rings. The van der Waals surface area contributed by atoms with E-state index in [1.54, 1.807) is 20.8 Å². The molecule has 1 N–H and O–H groups in total. The molecule has 0 aliphatic rings. The molecule has 0 aromatic heterocycles. The summed E-state index contributed by atoms with van der Waals surface area (Å²) in [6, 6.07) is 0. The fourth-order valence-corrected chi connectivity index (χ4v) is 0.460. The predicted molar refractivity (Wildman–Crippen MR) is 49.4 cm³/mol. The van der Waals surface area contributed by atoms with E-state index in [1.165, 1.54) is 6.92 Å². The lowest BCUT2D eigenvalue weighted by Crippen LogP contribution is -2.21. The summed E-state index contributed by atoms with van der Waals surface area (Å²) in [5, 5.41) is 12.5. The molecule has 0 bridgehead atoms. The SMILES string of the molecule is CC(=CC(=O)O)C(=O)OOOC(C)(C)C. The van der Waals surface area contributed by atoms with Crippen LogP contribution in [0.3, 0.4) is 0 Å². The second kappa shape index (κ2) is 5.47. The van der Waals surface area contributed by atoms with Gasteiger partial charge in [-0.25, -0.2) is 9.59 Å². The van der Waals surface area contributed by atoms with Crippen LogP contribution in [0.2, 0.25) is 0 Å². The summed E-state index contributed by atoms with van der Waals surface area (Å²) < 4.78 is 0. The highest BCUT2D eigenvalue weighted by Crippen LogP contribution is 2.08. The minimum absolute atomic E-state index is 0.0972. The lowest BCUT2D eigenvalue weighted by atomic mass is 10.2. The summed E-state index contributed by atoms with van der Waals surface area (Å²) in [6.45, 7) is 6.37. The van der Waals surface area contributed by atoms with Gasteiger partial charge >= 0.3 is 11.9 Å². The highest BCUT2D eigenvalue weighted by molar-refractivity contribution is 5.94. The quantitative estimate of drug-likeness (QED) is 0.434. The van der Waals surface area contributed by atoms with Crippen LogP contribution in [-0.4, -0.2) is 22.6 Å². The van der Waals surface area contributed by atoms with Gasteiger partial charge in [0.2, 0.25) is 0 Å². The average Bonchev–Trinajstić information content (AvgIpc) is 2.00. The maximum Gasteiger partial charge on any atom is 0.372 e. The molecule has 86 valence electrons. The van der Waals surface area contributed by atoms with Crippen LogP contribution in [0, 0.1) is 0 Å². The van der Waals surface area contributed by atoms with Gasteiger partial charge in [0.15, 0.2) is 0 Å². The Kier molecular flexibility index (Phi) is 4.96. The molecule has 0 rings (SSSR count). The zero-order chi connectivity index (χ0) is 12.1. The summed E-state index contributed by atoms with van der Waals surface area (Å²) in [5.41, 5.74) is -0.718. The monoisotopic (exact) mass is 218 g/mol. The van der Waals surface area contributed by atoms with Crippen molar-refractivity contribution < 1.29 is 29.5 Å². The van der Waals surface area contributed by atoms with Crippen LogP contribution in [0.4, 0.5) is 0 Å². The second-order valence-corrected chi connectivity index (χ2v) is 3.80. The Morgan fingerprint density at radius 1 is 1.27 bits per heavy atom. The zero-order valence-corrected chi connectivity index (χ0v) is 9.07. The van der Waals surface area contributed by atoms with Crippen LogP contribution in [0.15, 0.2) is 11.6 Å². The van der Waals surface area contributed by atoms with E-state index < -0.39 is 17.5 Å². The third kappa shape index (κ3) is 7.65. The van der Waals surface area contributed by atoms with Crippen molar-refractivity contribution >= 4 is 11.9 Å². The van der Waals surface area contributed by atoms with Crippen molar-refractivity contribution in [1.82, 2.24) is 0 Å². The molecule has 6 nitrogen and oxygen atoms in total. The van der Waals surface area contributed by atoms with Crippen LogP contribution in [0.5, 0.6) is 0 Å². The highest BCUT2D eigenvalue weighted by Gasteiger charge is 2.15. The summed E-state index contributed by atoms with van der Waals surface area (Å²) in [5.74, 6) is -2.15. The number of carboxylic acid groups (broad SMARTS) is 1. The molecule has 0 saturated heterocycles. The first-order valence-electron chi connectivity index (χ1n) is 4.20. The number of carboxylic acids is 1. The number of hydrogen-bond acceptors (Lipinski definition) is 5. The van der Waals surface area contributed by atoms with Gasteiger partial charge in [0.1, 0.15) is 0 Å². The van der Waals surface area contributed by atoms with E-state index in [4.69, 9.17) is 5.11 Å². The number of carbonyl (C=O) groups excluding carboxylic acids is 1. The molecular weight excluding hydrogens is 204 g/mol. The van der Waals surface area contributed by atoms with Gasteiger partial charge in [0.05, 0.1) is 5.60 Å². The third-order valence-electron chi connectivity index (χ3n) is 1.06. The predicted octanol–water partition coefficient (Wildman–Crippen LogP) is 1.22. The minimum atomic E-state index is -1.24. The first-order valence-corrected chi connectivity index (χ1v) is 4.20. The molecule has 0 aromatic carbocycles. The normalized spacial score (nSPS) is 12.4. The molecule has 0 amide bonds. The first-order chi connectivity index (χ1) is 6.72. The van der Waals surface area contributed by atoms with Gasteiger partial charge in [0.25, 0.3) is 0 Å². The summed E-state index contributed by atoms with van der Waals surface area (Å²) in [6.07, 6.45) is 0.711. The Bertz CT molecular complexity index is 273. The van der Waals surface area contributed by atoms with Crippen LogP contribution in [-0.2, 0) is 24.4 Å². The van der Waals surface area contributed by atoms with E-state index >= 15 is 0 Å². The lowest BCUT2D eigenvalue weighted by molar-refractivity contribution is -0.513. The van der Waals surface area contributed by atoms with E-state index in [0.29, 0.717) is 6.08 Å². The molecule has 0 aliphatic carbocycles. The summed E-state index contributed by atoms with van der Waals surface area (Å²) >= 11 is 0. The third-order valence-corrected chi connectivity index (χ3v) is 1.06. The number of aliphatic carboxylic acids is 1. The second-order valence-electron chi connectivity index (χ2n) is 3.80. The highest BCUT2D eigenvalue weighted by atomic mass is 17.5. The van der Waals surface area contributed by atoms with Gasteiger partial charge in [-0.1, -0.05) is 0 Å². The molecule has 0 unspecified atom stereocenters. The van der Waals surface area contributed by atoms with Crippen molar-refractivity contribution in [3.63, 3.8) is 0 Å². The van der Waals surface area contributed by atoms with Gasteiger partial charge in [-0.15, -0.1) is 0 Å². The van der Waals surface area contributed by atoms with Crippen molar-refractivity contribution in [2.75, 3.05) is 0 Å². The maximum atomic E-state index is 11.0. The van der Waals surface area contributed by atoms with E-state index in [1.807, 2.05) is 0 Å². The topological polar surface area (TPSA) is 82.1 Å². The molecule has 0 aliphatic heterocycles. The van der Waals surface area contributed by atoms with Crippen molar-refractivity contribution in [3.05, 3.63) is 11.6 Å². The maximum absolute atomic E-state index is 11.0. The molecule has 0 saturated carbocycles. The Morgan fingerprint density at radius 2 is 1.80 bits per heavy atom. The number of hydrogen-bond donors (Lipinski definition) is 1.